The first-order valence-corrected chi connectivity index (χ1v) is 4.67. The average molecular weight is 217 g/mol. The van der Waals surface area contributed by atoms with Gasteiger partial charge in [0.2, 0.25) is 0 Å². The summed E-state index contributed by atoms with van der Waals surface area (Å²) in [5.41, 5.74) is 8.18. The molecular weight excluding hydrogens is 202 g/mol. The van der Waals surface area contributed by atoms with Gasteiger partial charge in [-0.15, -0.1) is 0 Å². The Labute approximate surface area is 87.2 Å². The van der Waals surface area contributed by atoms with Crippen LogP contribution in [0.4, 0.5) is 0 Å². The van der Waals surface area contributed by atoms with E-state index in [1.54, 1.807) is 6.92 Å². The normalized spacial score (nSPS) is 40.9. The van der Waals surface area contributed by atoms with Crippen LogP contribution in [-0.4, -0.2) is 48.5 Å². The number of azide groups is 1. The molecule has 1 saturated heterocycles. The van der Waals surface area contributed by atoms with Crippen molar-refractivity contribution < 1.29 is 19.7 Å². The molecule has 5 unspecified atom stereocenters. The van der Waals surface area contributed by atoms with Crippen LogP contribution in [0.25, 0.3) is 10.4 Å². The van der Waals surface area contributed by atoms with Crippen molar-refractivity contribution in [1.82, 2.24) is 0 Å². The largest absolute Gasteiger partial charge is 0.390 e. The molecule has 0 aliphatic carbocycles. The van der Waals surface area contributed by atoms with E-state index in [1.807, 2.05) is 0 Å². The molecule has 0 bridgehead atoms. The Bertz CT molecular complexity index is 254. The molecule has 86 valence electrons. The van der Waals surface area contributed by atoms with Crippen LogP contribution < -0.4 is 0 Å². The topological polar surface area (TPSA) is 108 Å². The number of aliphatic hydroxyl groups excluding tert-OH is 2. The van der Waals surface area contributed by atoms with E-state index in [1.165, 1.54) is 7.11 Å². The van der Waals surface area contributed by atoms with E-state index in [2.05, 4.69) is 10.0 Å². The summed E-state index contributed by atoms with van der Waals surface area (Å²) >= 11 is 0. The molecule has 0 saturated carbocycles. The van der Waals surface area contributed by atoms with Crippen LogP contribution in [0, 0.1) is 5.92 Å². The molecule has 0 radical (unpaired) electrons. The van der Waals surface area contributed by atoms with Crippen molar-refractivity contribution in [2.75, 3.05) is 13.7 Å². The number of hydrogen-bond donors (Lipinski definition) is 2. The van der Waals surface area contributed by atoms with Crippen LogP contribution in [0.2, 0.25) is 0 Å². The van der Waals surface area contributed by atoms with Crippen LogP contribution >= 0.6 is 0 Å². The van der Waals surface area contributed by atoms with Crippen molar-refractivity contribution in [2.24, 2.45) is 11.0 Å². The molecule has 2 N–H and O–H groups in total. The summed E-state index contributed by atoms with van der Waals surface area (Å²) < 4.78 is 10.2. The Hall–Kier alpha value is -0.850. The third kappa shape index (κ3) is 2.58. The van der Waals surface area contributed by atoms with Gasteiger partial charge in [0, 0.05) is 17.9 Å². The molecule has 0 spiro atoms. The zero-order valence-electron chi connectivity index (χ0n) is 8.65. The van der Waals surface area contributed by atoms with E-state index < -0.39 is 24.6 Å². The van der Waals surface area contributed by atoms with Crippen molar-refractivity contribution in [3.05, 3.63) is 10.4 Å². The molecule has 15 heavy (non-hydrogen) atoms. The maximum Gasteiger partial charge on any atom is 0.185 e. The minimum atomic E-state index is -1.08. The number of rotatable bonds is 3. The molecule has 5 atom stereocenters. The summed E-state index contributed by atoms with van der Waals surface area (Å²) in [4.78, 5) is 2.62. The highest BCUT2D eigenvalue weighted by Gasteiger charge is 2.41. The number of hydrogen-bond acceptors (Lipinski definition) is 5. The Morgan fingerprint density at radius 3 is 2.67 bits per heavy atom. The second kappa shape index (κ2) is 5.29. The van der Waals surface area contributed by atoms with E-state index >= 15 is 0 Å². The van der Waals surface area contributed by atoms with Crippen LogP contribution in [0.3, 0.4) is 0 Å². The molecule has 0 aromatic carbocycles. The standard InChI is InChI=1S/C8H15N3O4/c1-4-5(3-10-11-9)15-8(14-2)7(13)6(4)12/h4-8,12-13H,3H2,1-2H3. The molecule has 1 rings (SSSR count). The number of ether oxygens (including phenoxy) is 2. The summed E-state index contributed by atoms with van der Waals surface area (Å²) in [6.07, 6.45) is -3.34. The van der Waals surface area contributed by atoms with E-state index in [-0.39, 0.29) is 12.5 Å². The van der Waals surface area contributed by atoms with Gasteiger partial charge in [-0.1, -0.05) is 12.0 Å². The van der Waals surface area contributed by atoms with E-state index in [0.717, 1.165) is 0 Å². The molecule has 0 amide bonds. The fourth-order valence-electron chi connectivity index (χ4n) is 1.59. The minimum Gasteiger partial charge on any atom is -0.390 e. The van der Waals surface area contributed by atoms with Crippen LogP contribution in [0.1, 0.15) is 6.92 Å². The van der Waals surface area contributed by atoms with Gasteiger partial charge in [-0.3, -0.25) is 0 Å². The molecule has 1 aliphatic heterocycles. The average Bonchev–Trinajstić information content (AvgIpc) is 2.25. The number of methoxy groups -OCH3 is 1. The predicted molar refractivity (Wildman–Crippen MR) is 50.9 cm³/mol. The second-order valence-electron chi connectivity index (χ2n) is 3.53. The van der Waals surface area contributed by atoms with Gasteiger partial charge >= 0.3 is 0 Å². The lowest BCUT2D eigenvalue weighted by Crippen LogP contribution is -2.54. The smallest absolute Gasteiger partial charge is 0.185 e. The van der Waals surface area contributed by atoms with Gasteiger partial charge in [-0.25, -0.2) is 0 Å². The predicted octanol–water partition coefficient (Wildman–Crippen LogP) is 0.0259. The van der Waals surface area contributed by atoms with Gasteiger partial charge in [0.1, 0.15) is 6.10 Å². The SMILES string of the molecule is COC1OC(CN=[N+]=[N-])C(C)C(O)C1O. The van der Waals surface area contributed by atoms with Crippen LogP contribution in [0.5, 0.6) is 0 Å². The van der Waals surface area contributed by atoms with Crippen LogP contribution in [-0.2, 0) is 9.47 Å². The maximum atomic E-state index is 9.67. The molecule has 0 aromatic rings. The van der Waals surface area contributed by atoms with Crippen molar-refractivity contribution in [2.45, 2.75) is 31.5 Å². The lowest BCUT2D eigenvalue weighted by molar-refractivity contribution is -0.273. The molecule has 1 aliphatic rings. The van der Waals surface area contributed by atoms with Crippen molar-refractivity contribution in [3.63, 3.8) is 0 Å². The van der Waals surface area contributed by atoms with Gasteiger partial charge in [-0.05, 0) is 5.53 Å². The molecular formula is C8H15N3O4. The zero-order chi connectivity index (χ0) is 11.4. The maximum absolute atomic E-state index is 9.67. The second-order valence-corrected chi connectivity index (χ2v) is 3.53. The van der Waals surface area contributed by atoms with Crippen molar-refractivity contribution >= 4 is 0 Å². The zero-order valence-corrected chi connectivity index (χ0v) is 8.65. The highest BCUT2D eigenvalue weighted by Crippen LogP contribution is 2.26. The Kier molecular flexibility index (Phi) is 4.31. The minimum absolute atomic E-state index is 0.112. The monoisotopic (exact) mass is 217 g/mol. The first-order valence-electron chi connectivity index (χ1n) is 4.67. The van der Waals surface area contributed by atoms with Gasteiger partial charge in [0.05, 0.1) is 18.8 Å². The molecule has 0 aromatic heterocycles. The third-order valence-electron chi connectivity index (χ3n) is 2.62. The van der Waals surface area contributed by atoms with E-state index in [0.29, 0.717) is 0 Å². The van der Waals surface area contributed by atoms with E-state index in [4.69, 9.17) is 15.0 Å². The number of nitrogens with zero attached hydrogens (tertiary/aromatic N) is 3. The molecule has 1 heterocycles. The fraction of sp³-hybridized carbons (Fsp3) is 1.00. The van der Waals surface area contributed by atoms with Crippen molar-refractivity contribution in [3.8, 4) is 0 Å². The summed E-state index contributed by atoms with van der Waals surface area (Å²) in [6.45, 7) is 1.83. The molecule has 7 nitrogen and oxygen atoms in total. The van der Waals surface area contributed by atoms with Crippen LogP contribution in [0.15, 0.2) is 5.11 Å². The first-order chi connectivity index (χ1) is 7.11. The Morgan fingerprint density at radius 1 is 1.47 bits per heavy atom. The lowest BCUT2D eigenvalue weighted by Gasteiger charge is -2.40. The lowest BCUT2D eigenvalue weighted by atomic mass is 9.91. The summed E-state index contributed by atoms with van der Waals surface area (Å²) in [5.74, 6) is -0.308. The summed E-state index contributed by atoms with van der Waals surface area (Å²) in [7, 11) is 1.38. The molecule has 7 heteroatoms. The first kappa shape index (κ1) is 12.2. The third-order valence-corrected chi connectivity index (χ3v) is 2.62. The highest BCUT2D eigenvalue weighted by atomic mass is 16.7. The quantitative estimate of drug-likeness (QED) is 0.395. The molecule has 1 fully saturated rings. The van der Waals surface area contributed by atoms with Crippen molar-refractivity contribution in [1.29, 1.82) is 0 Å². The van der Waals surface area contributed by atoms with Gasteiger partial charge in [-0.2, -0.15) is 0 Å². The van der Waals surface area contributed by atoms with Gasteiger partial charge in [0.25, 0.3) is 0 Å². The number of aliphatic hydroxyl groups is 2. The van der Waals surface area contributed by atoms with Gasteiger partial charge in [0.15, 0.2) is 6.29 Å². The Balaban J connectivity index is 2.69. The summed E-state index contributed by atoms with van der Waals surface area (Å²) in [6, 6.07) is 0. The van der Waals surface area contributed by atoms with E-state index in [9.17, 15) is 10.2 Å². The Morgan fingerprint density at radius 2 is 2.13 bits per heavy atom. The van der Waals surface area contributed by atoms with Gasteiger partial charge < -0.3 is 19.7 Å². The highest BCUT2D eigenvalue weighted by molar-refractivity contribution is 4.87. The fourth-order valence-corrected chi connectivity index (χ4v) is 1.59. The summed E-state index contributed by atoms with van der Waals surface area (Å²) in [5, 5.41) is 22.6.